The summed E-state index contributed by atoms with van der Waals surface area (Å²) in [7, 11) is 1.56. The van der Waals surface area contributed by atoms with E-state index in [1.807, 2.05) is 12.1 Å². The Kier molecular flexibility index (Phi) is 7.89. The number of carbonyl (C=O) groups excluding carboxylic acids is 1. The van der Waals surface area contributed by atoms with Crippen LogP contribution in [0.2, 0.25) is 10.0 Å². The number of hydrogen-bond acceptors (Lipinski definition) is 5. The maximum Gasteiger partial charge on any atom is 0.271 e. The van der Waals surface area contributed by atoms with Crippen molar-refractivity contribution in [2.24, 2.45) is 5.10 Å². The third-order valence-corrected chi connectivity index (χ3v) is 5.35. The zero-order chi connectivity index (χ0) is 21.5. The molecule has 1 amide bonds. The fourth-order valence-electron chi connectivity index (χ4n) is 2.48. The van der Waals surface area contributed by atoms with Gasteiger partial charge < -0.3 is 9.47 Å². The predicted octanol–water partition coefficient (Wildman–Crippen LogP) is 5.34. The van der Waals surface area contributed by atoms with Crippen molar-refractivity contribution in [3.05, 3.63) is 85.2 Å². The Morgan fingerprint density at radius 3 is 2.67 bits per heavy atom. The van der Waals surface area contributed by atoms with Crippen molar-refractivity contribution in [2.75, 3.05) is 7.11 Å². The van der Waals surface area contributed by atoms with Crippen molar-refractivity contribution in [2.45, 2.75) is 6.61 Å². The minimum Gasteiger partial charge on any atom is -0.493 e. The van der Waals surface area contributed by atoms with E-state index in [0.717, 1.165) is 14.7 Å². The van der Waals surface area contributed by atoms with Crippen molar-refractivity contribution in [1.29, 1.82) is 0 Å². The molecule has 154 valence electrons. The van der Waals surface area contributed by atoms with Gasteiger partial charge in [0.25, 0.3) is 5.91 Å². The first-order valence-electron chi connectivity index (χ1n) is 8.65. The number of halogens is 3. The first kappa shape index (κ1) is 22.3. The number of nitrogens with zero attached hydrogens (tertiary/aromatic N) is 2. The maximum absolute atomic E-state index is 12.0. The Labute approximate surface area is 197 Å². The summed E-state index contributed by atoms with van der Waals surface area (Å²) < 4.78 is 12.2. The van der Waals surface area contributed by atoms with Crippen LogP contribution >= 0.6 is 45.8 Å². The van der Waals surface area contributed by atoms with Crippen LogP contribution in [-0.2, 0) is 6.61 Å². The first-order chi connectivity index (χ1) is 14.5. The molecule has 0 fully saturated rings. The van der Waals surface area contributed by atoms with Crippen LogP contribution in [0.1, 0.15) is 21.5 Å². The van der Waals surface area contributed by atoms with E-state index in [1.165, 1.54) is 6.21 Å². The smallest absolute Gasteiger partial charge is 0.271 e. The number of amides is 1. The van der Waals surface area contributed by atoms with Crippen LogP contribution in [0, 0.1) is 3.57 Å². The fraction of sp³-hybridized carbons (Fsp3) is 0.0952. The molecule has 0 aliphatic rings. The average molecular weight is 556 g/mol. The summed E-state index contributed by atoms with van der Waals surface area (Å²) in [4.78, 5) is 15.9. The third kappa shape index (κ3) is 5.84. The third-order valence-electron chi connectivity index (χ3n) is 3.96. The molecule has 6 nitrogen and oxygen atoms in total. The van der Waals surface area contributed by atoms with Crippen LogP contribution in [0.4, 0.5) is 0 Å². The van der Waals surface area contributed by atoms with Gasteiger partial charge in [-0.2, -0.15) is 5.10 Å². The number of carbonyl (C=O) groups is 1. The van der Waals surface area contributed by atoms with Gasteiger partial charge in [0.1, 0.15) is 6.61 Å². The lowest BCUT2D eigenvalue weighted by Crippen LogP contribution is -2.17. The summed E-state index contributed by atoms with van der Waals surface area (Å²) >= 11 is 14.3. The minimum absolute atomic E-state index is 0.262. The van der Waals surface area contributed by atoms with Gasteiger partial charge in [0, 0.05) is 33.6 Å². The van der Waals surface area contributed by atoms with Gasteiger partial charge in [-0.15, -0.1) is 0 Å². The Hall–Kier alpha value is -2.36. The Balaban J connectivity index is 1.71. The second-order valence-corrected chi connectivity index (χ2v) is 8.00. The summed E-state index contributed by atoms with van der Waals surface area (Å²) in [5.74, 6) is 0.797. The largest absolute Gasteiger partial charge is 0.493 e. The summed E-state index contributed by atoms with van der Waals surface area (Å²) in [5.41, 5.74) is 4.50. The normalized spacial score (nSPS) is 10.8. The number of ether oxygens (including phenoxy) is 2. The molecule has 1 aromatic heterocycles. The molecule has 0 unspecified atom stereocenters. The molecule has 0 atom stereocenters. The molecule has 1 N–H and O–H groups in total. The SMILES string of the molecule is COc1cc(/C=N/NC(=O)c2ccncc2)cc(I)c1OCc1ccc(Cl)cc1Cl. The van der Waals surface area contributed by atoms with Crippen LogP contribution < -0.4 is 14.9 Å². The molecule has 0 aliphatic heterocycles. The van der Waals surface area contributed by atoms with Gasteiger partial charge >= 0.3 is 0 Å². The number of methoxy groups -OCH3 is 1. The van der Waals surface area contributed by atoms with Crippen molar-refractivity contribution >= 4 is 57.9 Å². The van der Waals surface area contributed by atoms with Crippen LogP contribution in [0.5, 0.6) is 11.5 Å². The molecular formula is C21H16Cl2IN3O3. The van der Waals surface area contributed by atoms with E-state index >= 15 is 0 Å². The molecule has 0 spiro atoms. The molecule has 9 heteroatoms. The highest BCUT2D eigenvalue weighted by atomic mass is 127. The highest BCUT2D eigenvalue weighted by molar-refractivity contribution is 14.1. The minimum atomic E-state index is -0.324. The van der Waals surface area contributed by atoms with Crippen LogP contribution in [-0.4, -0.2) is 24.2 Å². The molecule has 0 saturated carbocycles. The summed E-state index contributed by atoms with van der Waals surface area (Å²) in [6, 6.07) is 12.1. The van der Waals surface area contributed by atoms with Gasteiger partial charge in [0.05, 0.1) is 16.9 Å². The van der Waals surface area contributed by atoms with E-state index in [0.29, 0.717) is 27.1 Å². The molecule has 0 bridgehead atoms. The zero-order valence-electron chi connectivity index (χ0n) is 15.7. The van der Waals surface area contributed by atoms with Gasteiger partial charge in [0.15, 0.2) is 11.5 Å². The number of hydrazone groups is 1. The molecule has 1 heterocycles. The molecule has 0 saturated heterocycles. The van der Waals surface area contributed by atoms with E-state index in [9.17, 15) is 4.79 Å². The van der Waals surface area contributed by atoms with Gasteiger partial charge in [-0.1, -0.05) is 29.3 Å². The molecule has 0 radical (unpaired) electrons. The molecule has 0 aliphatic carbocycles. The highest BCUT2D eigenvalue weighted by Gasteiger charge is 2.13. The van der Waals surface area contributed by atoms with E-state index < -0.39 is 0 Å². The summed E-state index contributed by atoms with van der Waals surface area (Å²) in [5, 5.41) is 5.10. The van der Waals surface area contributed by atoms with Crippen LogP contribution in [0.25, 0.3) is 0 Å². The van der Waals surface area contributed by atoms with Gasteiger partial charge in [-0.05, 0) is 64.6 Å². The van der Waals surface area contributed by atoms with Crippen molar-refractivity contribution in [1.82, 2.24) is 10.4 Å². The zero-order valence-corrected chi connectivity index (χ0v) is 19.4. The maximum atomic E-state index is 12.0. The number of pyridine rings is 1. The number of benzene rings is 2. The quantitative estimate of drug-likeness (QED) is 0.242. The Morgan fingerprint density at radius 2 is 1.97 bits per heavy atom. The van der Waals surface area contributed by atoms with E-state index in [-0.39, 0.29) is 12.5 Å². The van der Waals surface area contributed by atoms with Gasteiger partial charge in [-0.3, -0.25) is 9.78 Å². The predicted molar refractivity (Wildman–Crippen MR) is 126 cm³/mol. The van der Waals surface area contributed by atoms with E-state index in [1.54, 1.807) is 49.8 Å². The standard InChI is InChI=1S/C21H16Cl2IN3O3/c1-29-19-9-13(11-26-27-21(28)14-4-6-25-7-5-14)8-18(24)20(19)30-12-15-2-3-16(22)10-17(15)23/h2-11H,12H2,1H3,(H,27,28)/b26-11+. The number of rotatable bonds is 7. The number of hydrogen-bond donors (Lipinski definition) is 1. The van der Waals surface area contributed by atoms with Crippen molar-refractivity contribution in [3.8, 4) is 11.5 Å². The first-order valence-corrected chi connectivity index (χ1v) is 10.5. The Bertz CT molecular complexity index is 1080. The number of aromatic nitrogens is 1. The molecule has 3 aromatic rings. The van der Waals surface area contributed by atoms with Gasteiger partial charge in [-0.25, -0.2) is 5.43 Å². The Morgan fingerprint density at radius 1 is 1.20 bits per heavy atom. The molecular weight excluding hydrogens is 540 g/mol. The average Bonchev–Trinajstić information content (AvgIpc) is 2.74. The van der Waals surface area contributed by atoms with Crippen molar-refractivity contribution < 1.29 is 14.3 Å². The van der Waals surface area contributed by atoms with Crippen LogP contribution in [0.3, 0.4) is 0 Å². The topological polar surface area (TPSA) is 72.8 Å². The monoisotopic (exact) mass is 555 g/mol. The van der Waals surface area contributed by atoms with Crippen molar-refractivity contribution in [3.63, 3.8) is 0 Å². The summed E-state index contributed by atoms with van der Waals surface area (Å²) in [6.45, 7) is 0.262. The highest BCUT2D eigenvalue weighted by Crippen LogP contribution is 2.34. The fourth-order valence-corrected chi connectivity index (χ4v) is 3.72. The molecule has 2 aromatic carbocycles. The number of nitrogens with one attached hydrogen (secondary N) is 1. The second kappa shape index (κ2) is 10.6. The lowest BCUT2D eigenvalue weighted by atomic mass is 10.2. The van der Waals surface area contributed by atoms with E-state index in [4.69, 9.17) is 32.7 Å². The van der Waals surface area contributed by atoms with E-state index in [2.05, 4.69) is 38.1 Å². The second-order valence-electron chi connectivity index (χ2n) is 5.99. The lowest BCUT2D eigenvalue weighted by Gasteiger charge is -2.14. The summed E-state index contributed by atoms with van der Waals surface area (Å²) in [6.07, 6.45) is 4.62. The molecule has 3 rings (SSSR count). The lowest BCUT2D eigenvalue weighted by molar-refractivity contribution is 0.0955. The van der Waals surface area contributed by atoms with Crippen LogP contribution in [0.15, 0.2) is 60.0 Å². The van der Waals surface area contributed by atoms with Gasteiger partial charge in [0.2, 0.25) is 0 Å². The molecule has 30 heavy (non-hydrogen) atoms.